The fourth-order valence-electron chi connectivity index (χ4n) is 1.84. The van der Waals surface area contributed by atoms with Crippen molar-refractivity contribution < 1.29 is 14.3 Å². The molecule has 122 valence electrons. The van der Waals surface area contributed by atoms with Gasteiger partial charge in [-0.15, -0.1) is 0 Å². The van der Waals surface area contributed by atoms with Gasteiger partial charge in [-0.05, 0) is 68.3 Å². The Morgan fingerprint density at radius 2 is 1.87 bits per heavy atom. The fraction of sp³-hybridized carbons (Fsp3) is 0.235. The molecular formula is C17H18BrNO3S. The number of nitrogens with one attached hydrogen (secondary N) is 1. The standard InChI is InChI=1S/C17H18BrNO3S/c1-3-21-15-10-7-13(18)11-16(15)23-19-14-8-5-12(6-9-14)17(20)22-4-2/h5-11,19H,3-4H2,1-2H3. The van der Waals surface area contributed by atoms with Crippen LogP contribution >= 0.6 is 27.9 Å². The first kappa shape index (κ1) is 17.7. The van der Waals surface area contributed by atoms with E-state index in [1.165, 1.54) is 11.9 Å². The Hall–Kier alpha value is -1.66. The molecule has 0 atom stereocenters. The summed E-state index contributed by atoms with van der Waals surface area (Å²) in [5.41, 5.74) is 1.44. The molecule has 6 heteroatoms. The van der Waals surface area contributed by atoms with Crippen LogP contribution in [0.4, 0.5) is 5.69 Å². The summed E-state index contributed by atoms with van der Waals surface area (Å²) < 4.78 is 14.8. The summed E-state index contributed by atoms with van der Waals surface area (Å²) in [7, 11) is 0. The van der Waals surface area contributed by atoms with E-state index in [0.717, 1.165) is 20.8 Å². The maximum absolute atomic E-state index is 11.6. The van der Waals surface area contributed by atoms with Crippen LogP contribution in [-0.4, -0.2) is 19.2 Å². The summed E-state index contributed by atoms with van der Waals surface area (Å²) >= 11 is 4.92. The molecule has 0 aliphatic heterocycles. The maximum atomic E-state index is 11.6. The quantitative estimate of drug-likeness (QED) is 0.519. The lowest BCUT2D eigenvalue weighted by Gasteiger charge is -2.11. The van der Waals surface area contributed by atoms with Crippen LogP contribution in [0.5, 0.6) is 5.75 Å². The number of carbonyl (C=O) groups is 1. The van der Waals surface area contributed by atoms with Gasteiger partial charge in [-0.3, -0.25) is 0 Å². The summed E-state index contributed by atoms with van der Waals surface area (Å²) in [4.78, 5) is 12.6. The van der Waals surface area contributed by atoms with E-state index in [0.29, 0.717) is 18.8 Å². The van der Waals surface area contributed by atoms with Crippen LogP contribution in [-0.2, 0) is 4.74 Å². The topological polar surface area (TPSA) is 47.6 Å². The lowest BCUT2D eigenvalue weighted by molar-refractivity contribution is 0.0526. The Morgan fingerprint density at radius 1 is 1.13 bits per heavy atom. The molecule has 0 amide bonds. The SMILES string of the molecule is CCOC(=O)c1ccc(NSc2cc(Br)ccc2OCC)cc1. The molecule has 2 aromatic rings. The van der Waals surface area contributed by atoms with Crippen LogP contribution in [0.3, 0.4) is 0 Å². The third-order valence-electron chi connectivity index (χ3n) is 2.88. The molecule has 0 aliphatic carbocycles. The zero-order chi connectivity index (χ0) is 16.7. The Balaban J connectivity index is 2.03. The number of esters is 1. The first-order chi connectivity index (χ1) is 11.1. The van der Waals surface area contributed by atoms with E-state index in [2.05, 4.69) is 20.7 Å². The second-order valence-electron chi connectivity index (χ2n) is 4.53. The molecule has 0 spiro atoms. The molecule has 0 radical (unpaired) electrons. The monoisotopic (exact) mass is 395 g/mol. The van der Waals surface area contributed by atoms with E-state index >= 15 is 0 Å². The van der Waals surface area contributed by atoms with Crippen molar-refractivity contribution in [3.05, 3.63) is 52.5 Å². The first-order valence-corrected chi connectivity index (χ1v) is 8.87. The fourth-order valence-corrected chi connectivity index (χ4v) is 3.13. The van der Waals surface area contributed by atoms with Crippen molar-refractivity contribution in [2.45, 2.75) is 18.7 Å². The van der Waals surface area contributed by atoms with Crippen molar-refractivity contribution in [2.75, 3.05) is 17.9 Å². The van der Waals surface area contributed by atoms with Crippen molar-refractivity contribution in [1.82, 2.24) is 0 Å². The molecule has 23 heavy (non-hydrogen) atoms. The van der Waals surface area contributed by atoms with E-state index in [4.69, 9.17) is 9.47 Å². The van der Waals surface area contributed by atoms with E-state index < -0.39 is 0 Å². The summed E-state index contributed by atoms with van der Waals surface area (Å²) in [6.07, 6.45) is 0. The van der Waals surface area contributed by atoms with Gasteiger partial charge in [0.25, 0.3) is 0 Å². The molecule has 2 aromatic carbocycles. The van der Waals surface area contributed by atoms with Gasteiger partial charge in [0.2, 0.25) is 0 Å². The number of hydrogen-bond donors (Lipinski definition) is 1. The van der Waals surface area contributed by atoms with Gasteiger partial charge in [0.05, 0.1) is 23.7 Å². The molecular weight excluding hydrogens is 378 g/mol. The third kappa shape index (κ3) is 5.18. The highest BCUT2D eigenvalue weighted by molar-refractivity contribution is 9.10. The minimum absolute atomic E-state index is 0.308. The Bertz CT molecular complexity index is 661. The molecule has 4 nitrogen and oxygen atoms in total. The van der Waals surface area contributed by atoms with E-state index in [1.807, 2.05) is 37.3 Å². The number of hydrogen-bond acceptors (Lipinski definition) is 5. The number of rotatable bonds is 7. The maximum Gasteiger partial charge on any atom is 0.338 e. The average molecular weight is 396 g/mol. The molecule has 0 saturated carbocycles. The van der Waals surface area contributed by atoms with Crippen LogP contribution in [0.1, 0.15) is 24.2 Å². The average Bonchev–Trinajstić information content (AvgIpc) is 2.56. The highest BCUT2D eigenvalue weighted by Crippen LogP contribution is 2.32. The predicted octanol–water partition coefficient (Wildman–Crippen LogP) is 5.14. The molecule has 0 unspecified atom stereocenters. The number of benzene rings is 2. The Morgan fingerprint density at radius 3 is 2.52 bits per heavy atom. The zero-order valence-electron chi connectivity index (χ0n) is 13.0. The van der Waals surface area contributed by atoms with Gasteiger partial charge in [0.15, 0.2) is 0 Å². The van der Waals surface area contributed by atoms with Crippen molar-refractivity contribution >= 4 is 39.5 Å². The molecule has 0 aromatic heterocycles. The Labute approximate surface area is 148 Å². The largest absolute Gasteiger partial charge is 0.493 e. The molecule has 0 saturated heterocycles. The molecule has 2 rings (SSSR count). The van der Waals surface area contributed by atoms with Gasteiger partial charge in [0.1, 0.15) is 5.75 Å². The minimum atomic E-state index is -0.308. The van der Waals surface area contributed by atoms with E-state index in [9.17, 15) is 4.79 Å². The number of anilines is 1. The van der Waals surface area contributed by atoms with Crippen LogP contribution in [0.25, 0.3) is 0 Å². The number of ether oxygens (including phenoxy) is 2. The van der Waals surface area contributed by atoms with Gasteiger partial charge < -0.3 is 14.2 Å². The summed E-state index contributed by atoms with van der Waals surface area (Å²) in [5, 5.41) is 0. The zero-order valence-corrected chi connectivity index (χ0v) is 15.4. The molecule has 0 aliphatic rings. The van der Waals surface area contributed by atoms with Crippen LogP contribution in [0.2, 0.25) is 0 Å². The van der Waals surface area contributed by atoms with Gasteiger partial charge in [-0.2, -0.15) is 0 Å². The minimum Gasteiger partial charge on any atom is -0.493 e. The number of carbonyl (C=O) groups excluding carboxylic acids is 1. The summed E-state index contributed by atoms with van der Waals surface area (Å²) in [6.45, 7) is 4.73. The smallest absolute Gasteiger partial charge is 0.338 e. The molecule has 0 bridgehead atoms. The summed E-state index contributed by atoms with van der Waals surface area (Å²) in [5.74, 6) is 0.522. The molecule has 0 fully saturated rings. The Kier molecular flexibility index (Phi) is 6.80. The van der Waals surface area contributed by atoms with E-state index in [-0.39, 0.29) is 5.97 Å². The third-order valence-corrected chi connectivity index (χ3v) is 4.25. The number of halogens is 1. The van der Waals surface area contributed by atoms with Crippen molar-refractivity contribution in [2.24, 2.45) is 0 Å². The lowest BCUT2D eigenvalue weighted by atomic mass is 10.2. The van der Waals surface area contributed by atoms with Crippen molar-refractivity contribution in [3.63, 3.8) is 0 Å². The van der Waals surface area contributed by atoms with Gasteiger partial charge in [-0.1, -0.05) is 15.9 Å². The van der Waals surface area contributed by atoms with Gasteiger partial charge >= 0.3 is 5.97 Å². The van der Waals surface area contributed by atoms with Crippen molar-refractivity contribution in [3.8, 4) is 5.75 Å². The van der Waals surface area contributed by atoms with Crippen LogP contribution < -0.4 is 9.46 Å². The second-order valence-corrected chi connectivity index (χ2v) is 6.29. The normalized spacial score (nSPS) is 10.2. The molecule has 0 heterocycles. The second kappa shape index (κ2) is 8.84. The highest BCUT2D eigenvalue weighted by atomic mass is 79.9. The van der Waals surface area contributed by atoms with Crippen LogP contribution in [0.15, 0.2) is 51.8 Å². The predicted molar refractivity (Wildman–Crippen MR) is 97.2 cm³/mol. The van der Waals surface area contributed by atoms with Gasteiger partial charge in [0, 0.05) is 10.2 Å². The highest BCUT2D eigenvalue weighted by Gasteiger charge is 2.08. The summed E-state index contributed by atoms with van der Waals surface area (Å²) in [6, 6.07) is 13.0. The lowest BCUT2D eigenvalue weighted by Crippen LogP contribution is -2.04. The van der Waals surface area contributed by atoms with E-state index in [1.54, 1.807) is 19.1 Å². The van der Waals surface area contributed by atoms with Crippen LogP contribution in [0, 0.1) is 0 Å². The first-order valence-electron chi connectivity index (χ1n) is 7.26. The van der Waals surface area contributed by atoms with Gasteiger partial charge in [-0.25, -0.2) is 4.79 Å². The molecule has 1 N–H and O–H groups in total. The van der Waals surface area contributed by atoms with Crippen molar-refractivity contribution in [1.29, 1.82) is 0 Å².